The minimum absolute atomic E-state index is 0.141. The van der Waals surface area contributed by atoms with E-state index in [-0.39, 0.29) is 17.8 Å². The zero-order chi connectivity index (χ0) is 20.1. The molecule has 1 N–H and O–H groups in total. The van der Waals surface area contributed by atoms with Gasteiger partial charge in [0, 0.05) is 17.8 Å². The van der Waals surface area contributed by atoms with E-state index in [4.69, 9.17) is 27.9 Å². The summed E-state index contributed by atoms with van der Waals surface area (Å²) in [5.41, 5.74) is 0.690. The Kier molecular flexibility index (Phi) is 6.83. The molecule has 6 nitrogen and oxygen atoms in total. The summed E-state index contributed by atoms with van der Waals surface area (Å²) >= 11 is 13.3. The highest BCUT2D eigenvalue weighted by Crippen LogP contribution is 2.29. The van der Waals surface area contributed by atoms with Gasteiger partial charge in [0.2, 0.25) is 5.91 Å². The molecule has 1 heterocycles. The third-order valence-corrected chi connectivity index (χ3v) is 5.42. The normalized spacial score (nSPS) is 11.9. The van der Waals surface area contributed by atoms with E-state index in [0.29, 0.717) is 32.5 Å². The van der Waals surface area contributed by atoms with E-state index in [1.54, 1.807) is 36.4 Å². The lowest BCUT2D eigenvalue weighted by atomic mass is 10.3. The predicted molar refractivity (Wildman–Crippen MR) is 112 cm³/mol. The third-order valence-electron chi connectivity index (χ3n) is 3.83. The largest absolute Gasteiger partial charge is 0.481 e. The first-order valence-electron chi connectivity index (χ1n) is 8.42. The number of hydrogen-bond donors (Lipinski definition) is 1. The lowest BCUT2D eigenvalue weighted by molar-refractivity contribution is -0.113. The second kappa shape index (κ2) is 9.32. The van der Waals surface area contributed by atoms with Crippen LogP contribution in [0.1, 0.15) is 18.9 Å². The summed E-state index contributed by atoms with van der Waals surface area (Å²) in [5, 5.41) is 12.9. The fourth-order valence-corrected chi connectivity index (χ4v) is 3.47. The number of para-hydroxylation sites is 1. The molecule has 0 aliphatic heterocycles. The molecular weight excluding hydrogens is 419 g/mol. The molecule has 1 amide bonds. The van der Waals surface area contributed by atoms with Gasteiger partial charge >= 0.3 is 0 Å². The molecule has 0 saturated carbocycles. The van der Waals surface area contributed by atoms with Crippen molar-refractivity contribution in [3.8, 4) is 5.75 Å². The Morgan fingerprint density at radius 3 is 2.61 bits per heavy atom. The van der Waals surface area contributed by atoms with Crippen LogP contribution >= 0.6 is 35.0 Å². The Morgan fingerprint density at radius 1 is 1.18 bits per heavy atom. The molecule has 0 bridgehead atoms. The van der Waals surface area contributed by atoms with Crippen molar-refractivity contribution in [1.29, 1.82) is 0 Å². The number of benzene rings is 2. The number of nitrogens with one attached hydrogen (secondary N) is 1. The van der Waals surface area contributed by atoms with Crippen LogP contribution in [0.25, 0.3) is 0 Å². The fraction of sp³-hybridized carbons (Fsp3) is 0.211. The Labute approximate surface area is 177 Å². The molecule has 0 aliphatic carbocycles. The van der Waals surface area contributed by atoms with Gasteiger partial charge in [0.05, 0.1) is 10.8 Å². The van der Waals surface area contributed by atoms with Crippen LogP contribution in [-0.4, -0.2) is 26.4 Å². The van der Waals surface area contributed by atoms with Crippen LogP contribution in [0.2, 0.25) is 10.0 Å². The minimum atomic E-state index is -0.352. The number of hydrogen-bond acceptors (Lipinski definition) is 5. The van der Waals surface area contributed by atoms with Gasteiger partial charge in [-0.05, 0) is 43.3 Å². The summed E-state index contributed by atoms with van der Waals surface area (Å²) < 4.78 is 7.69. The summed E-state index contributed by atoms with van der Waals surface area (Å²) in [4.78, 5) is 12.1. The number of amides is 1. The monoisotopic (exact) mass is 436 g/mol. The molecule has 1 aromatic heterocycles. The summed E-state index contributed by atoms with van der Waals surface area (Å²) in [6.07, 6.45) is -0.352. The average molecular weight is 437 g/mol. The summed E-state index contributed by atoms with van der Waals surface area (Å²) in [6.45, 7) is 1.87. The van der Waals surface area contributed by atoms with E-state index in [0.717, 1.165) is 0 Å². The lowest BCUT2D eigenvalue weighted by Gasteiger charge is -2.15. The molecule has 146 valence electrons. The first-order chi connectivity index (χ1) is 13.4. The highest BCUT2D eigenvalue weighted by molar-refractivity contribution is 7.99. The van der Waals surface area contributed by atoms with Crippen molar-refractivity contribution in [2.24, 2.45) is 7.05 Å². The van der Waals surface area contributed by atoms with Crippen molar-refractivity contribution < 1.29 is 9.53 Å². The lowest BCUT2D eigenvalue weighted by Crippen LogP contribution is -2.14. The molecule has 0 aliphatic rings. The molecular formula is C19H18Cl2N4O2S. The van der Waals surface area contributed by atoms with Crippen LogP contribution in [0.15, 0.2) is 53.7 Å². The van der Waals surface area contributed by atoms with Gasteiger partial charge in [-0.3, -0.25) is 4.79 Å². The number of carbonyl (C=O) groups excluding carboxylic acids is 1. The van der Waals surface area contributed by atoms with Gasteiger partial charge in [-0.15, -0.1) is 10.2 Å². The maximum Gasteiger partial charge on any atom is 0.234 e. The molecule has 0 spiro atoms. The van der Waals surface area contributed by atoms with Crippen molar-refractivity contribution in [1.82, 2.24) is 14.8 Å². The molecule has 3 aromatic rings. The standard InChI is InChI=1S/C19H18Cl2N4O2S/c1-12(27-16-6-4-3-5-15(16)21)18-23-24-19(25(18)2)28-11-17(26)22-14-9-7-13(20)8-10-14/h3-10,12H,11H2,1-2H3,(H,22,26)/t12-/m1/s1. The molecule has 3 rings (SSSR count). The molecule has 0 fully saturated rings. The SMILES string of the molecule is C[C@@H](Oc1ccccc1Cl)c1nnc(SCC(=O)Nc2ccc(Cl)cc2)n1C. The number of rotatable bonds is 7. The van der Waals surface area contributed by atoms with Gasteiger partial charge in [0.1, 0.15) is 5.75 Å². The van der Waals surface area contributed by atoms with Crippen LogP contribution in [0, 0.1) is 0 Å². The first-order valence-corrected chi connectivity index (χ1v) is 10.2. The van der Waals surface area contributed by atoms with Gasteiger partial charge in [-0.1, -0.05) is 47.1 Å². The quantitative estimate of drug-likeness (QED) is 0.528. The number of anilines is 1. The van der Waals surface area contributed by atoms with Crippen molar-refractivity contribution in [3.05, 3.63) is 64.4 Å². The van der Waals surface area contributed by atoms with Crippen LogP contribution in [0.3, 0.4) is 0 Å². The molecule has 1 atom stereocenters. The van der Waals surface area contributed by atoms with E-state index in [9.17, 15) is 4.79 Å². The van der Waals surface area contributed by atoms with Crippen molar-refractivity contribution in [2.45, 2.75) is 18.2 Å². The molecule has 2 aromatic carbocycles. The first kappa shape index (κ1) is 20.5. The van der Waals surface area contributed by atoms with E-state index >= 15 is 0 Å². The second-order valence-electron chi connectivity index (χ2n) is 5.93. The zero-order valence-electron chi connectivity index (χ0n) is 15.2. The van der Waals surface area contributed by atoms with Gasteiger partial charge in [-0.25, -0.2) is 0 Å². The van der Waals surface area contributed by atoms with Gasteiger partial charge in [-0.2, -0.15) is 0 Å². The molecule has 9 heteroatoms. The Morgan fingerprint density at radius 2 is 1.89 bits per heavy atom. The van der Waals surface area contributed by atoms with Gasteiger partial charge in [0.15, 0.2) is 17.1 Å². The summed E-state index contributed by atoms with van der Waals surface area (Å²) in [5.74, 6) is 1.28. The molecule has 28 heavy (non-hydrogen) atoms. The van der Waals surface area contributed by atoms with Crippen LogP contribution in [0.5, 0.6) is 5.75 Å². The van der Waals surface area contributed by atoms with Crippen molar-refractivity contribution in [3.63, 3.8) is 0 Å². The van der Waals surface area contributed by atoms with E-state index in [2.05, 4.69) is 15.5 Å². The topological polar surface area (TPSA) is 69.0 Å². The highest BCUT2D eigenvalue weighted by Gasteiger charge is 2.18. The minimum Gasteiger partial charge on any atom is -0.481 e. The van der Waals surface area contributed by atoms with E-state index in [1.807, 2.05) is 30.7 Å². The number of ether oxygens (including phenoxy) is 1. The molecule has 0 unspecified atom stereocenters. The fourth-order valence-electron chi connectivity index (χ4n) is 2.45. The van der Waals surface area contributed by atoms with Crippen molar-refractivity contribution in [2.75, 3.05) is 11.1 Å². The van der Waals surface area contributed by atoms with Crippen LogP contribution in [0.4, 0.5) is 5.69 Å². The molecule has 0 saturated heterocycles. The van der Waals surface area contributed by atoms with Gasteiger partial charge < -0.3 is 14.6 Å². The Balaban J connectivity index is 1.58. The van der Waals surface area contributed by atoms with Gasteiger partial charge in [0.25, 0.3) is 0 Å². The number of carbonyl (C=O) groups is 1. The average Bonchev–Trinajstić information content (AvgIpc) is 3.04. The maximum absolute atomic E-state index is 12.1. The predicted octanol–water partition coefficient (Wildman–Crippen LogP) is 4.99. The second-order valence-corrected chi connectivity index (χ2v) is 7.72. The van der Waals surface area contributed by atoms with E-state index in [1.165, 1.54) is 11.8 Å². The molecule has 0 radical (unpaired) electrons. The third kappa shape index (κ3) is 5.19. The van der Waals surface area contributed by atoms with Crippen molar-refractivity contribution >= 4 is 46.6 Å². The number of aromatic nitrogens is 3. The number of halogens is 2. The van der Waals surface area contributed by atoms with Crippen LogP contribution < -0.4 is 10.1 Å². The van der Waals surface area contributed by atoms with E-state index < -0.39 is 0 Å². The Hall–Kier alpha value is -2.22. The number of thioether (sulfide) groups is 1. The zero-order valence-corrected chi connectivity index (χ0v) is 17.6. The Bertz CT molecular complexity index is 963. The summed E-state index contributed by atoms with van der Waals surface area (Å²) in [7, 11) is 1.83. The van der Waals surface area contributed by atoms with Crippen LogP contribution in [-0.2, 0) is 11.8 Å². The highest BCUT2D eigenvalue weighted by atomic mass is 35.5. The smallest absolute Gasteiger partial charge is 0.234 e. The maximum atomic E-state index is 12.1. The summed E-state index contributed by atoms with van der Waals surface area (Å²) in [6, 6.07) is 14.2. The number of nitrogens with zero attached hydrogens (tertiary/aromatic N) is 3.